The second-order valence-corrected chi connectivity index (χ2v) is 6.84. The molecule has 2 saturated carbocycles. The van der Waals surface area contributed by atoms with Crippen molar-refractivity contribution in [1.29, 1.82) is 0 Å². The normalized spacial score (nSPS) is 53.5. The van der Waals surface area contributed by atoms with E-state index in [4.69, 9.17) is 4.74 Å². The van der Waals surface area contributed by atoms with Gasteiger partial charge in [-0.1, -0.05) is 13.8 Å². The van der Waals surface area contributed by atoms with Crippen LogP contribution in [0.1, 0.15) is 46.5 Å². The van der Waals surface area contributed by atoms with Crippen molar-refractivity contribution in [2.45, 2.75) is 58.2 Å². The molecule has 3 fully saturated rings. The van der Waals surface area contributed by atoms with Gasteiger partial charge in [-0.25, -0.2) is 0 Å². The molecular formula is C15H22O4. The van der Waals surface area contributed by atoms with Crippen LogP contribution in [0.5, 0.6) is 0 Å². The number of hydrogen-bond acceptors (Lipinski definition) is 4. The lowest BCUT2D eigenvalue weighted by Crippen LogP contribution is -2.56. The molecule has 1 heterocycles. The summed E-state index contributed by atoms with van der Waals surface area (Å²) in [6.07, 6.45) is 2.15. The number of Topliss-reactive ketones (excluding diaryl/α,β-unsaturated/α-hetero) is 1. The maximum absolute atomic E-state index is 12.4. The highest BCUT2D eigenvalue weighted by Gasteiger charge is 2.68. The predicted octanol–water partition coefficient (Wildman–Crippen LogP) is 1.69. The SMILES string of the molecule is C[C@@H]1CC[C@H]2[C@@H](OC(=O)[C@@H]2C)[C@]2(C)C(=O)CC[C@@]12O. The largest absolute Gasteiger partial charge is 0.461 e. The lowest BCUT2D eigenvalue weighted by Gasteiger charge is -2.44. The van der Waals surface area contributed by atoms with Crippen molar-refractivity contribution in [2.24, 2.45) is 23.2 Å². The maximum Gasteiger partial charge on any atom is 0.309 e. The molecule has 0 aromatic carbocycles. The van der Waals surface area contributed by atoms with Crippen molar-refractivity contribution in [3.05, 3.63) is 0 Å². The van der Waals surface area contributed by atoms with Gasteiger partial charge in [-0.05, 0) is 32.1 Å². The van der Waals surface area contributed by atoms with Crippen molar-refractivity contribution in [1.82, 2.24) is 0 Å². The van der Waals surface area contributed by atoms with Gasteiger partial charge in [0, 0.05) is 12.3 Å². The summed E-state index contributed by atoms with van der Waals surface area (Å²) in [7, 11) is 0. The van der Waals surface area contributed by atoms with Crippen molar-refractivity contribution < 1.29 is 19.4 Å². The fraction of sp³-hybridized carbons (Fsp3) is 0.867. The molecule has 4 nitrogen and oxygen atoms in total. The van der Waals surface area contributed by atoms with E-state index in [9.17, 15) is 14.7 Å². The molecule has 0 radical (unpaired) electrons. The van der Waals surface area contributed by atoms with E-state index in [0.29, 0.717) is 12.8 Å². The molecule has 2 aliphatic carbocycles. The van der Waals surface area contributed by atoms with Crippen LogP contribution in [0.25, 0.3) is 0 Å². The van der Waals surface area contributed by atoms with Gasteiger partial charge in [-0.15, -0.1) is 0 Å². The first-order chi connectivity index (χ1) is 8.82. The van der Waals surface area contributed by atoms with Gasteiger partial charge >= 0.3 is 5.97 Å². The Labute approximate surface area is 113 Å². The third-order valence-electron chi connectivity index (χ3n) is 6.18. The summed E-state index contributed by atoms with van der Waals surface area (Å²) in [6, 6.07) is 0. The average molecular weight is 266 g/mol. The summed E-state index contributed by atoms with van der Waals surface area (Å²) in [4.78, 5) is 24.3. The first-order valence-electron chi connectivity index (χ1n) is 7.28. The first-order valence-corrected chi connectivity index (χ1v) is 7.28. The smallest absolute Gasteiger partial charge is 0.309 e. The summed E-state index contributed by atoms with van der Waals surface area (Å²) in [5, 5.41) is 11.1. The third kappa shape index (κ3) is 1.38. The van der Waals surface area contributed by atoms with Gasteiger partial charge in [0.15, 0.2) is 0 Å². The zero-order valence-corrected chi connectivity index (χ0v) is 11.8. The molecule has 1 aliphatic heterocycles. The molecule has 0 bridgehead atoms. The molecule has 6 atom stereocenters. The van der Waals surface area contributed by atoms with Gasteiger partial charge < -0.3 is 9.84 Å². The van der Waals surface area contributed by atoms with Gasteiger partial charge in [0.05, 0.1) is 16.9 Å². The van der Waals surface area contributed by atoms with Crippen LogP contribution in [0, 0.1) is 23.2 Å². The Kier molecular flexibility index (Phi) is 2.63. The average Bonchev–Trinajstić information content (AvgIpc) is 2.76. The lowest BCUT2D eigenvalue weighted by atomic mass is 9.65. The molecule has 19 heavy (non-hydrogen) atoms. The van der Waals surface area contributed by atoms with Crippen LogP contribution in [0.2, 0.25) is 0 Å². The van der Waals surface area contributed by atoms with E-state index < -0.39 is 17.1 Å². The maximum atomic E-state index is 12.4. The van der Waals surface area contributed by atoms with Gasteiger partial charge in [0.1, 0.15) is 11.9 Å². The van der Waals surface area contributed by atoms with Crippen LogP contribution >= 0.6 is 0 Å². The van der Waals surface area contributed by atoms with Gasteiger partial charge in [0.2, 0.25) is 0 Å². The van der Waals surface area contributed by atoms with Gasteiger partial charge in [0.25, 0.3) is 0 Å². The number of ether oxygens (including phenoxy) is 1. The number of hydrogen-bond donors (Lipinski definition) is 1. The highest BCUT2D eigenvalue weighted by Crippen LogP contribution is 2.58. The van der Waals surface area contributed by atoms with E-state index in [1.807, 2.05) is 20.8 Å². The van der Waals surface area contributed by atoms with E-state index in [1.165, 1.54) is 0 Å². The third-order valence-corrected chi connectivity index (χ3v) is 6.18. The quantitative estimate of drug-likeness (QED) is 0.678. The molecule has 3 rings (SSSR count). The number of carbonyl (C=O) groups is 2. The first kappa shape index (κ1) is 13.1. The Morgan fingerprint density at radius 3 is 2.63 bits per heavy atom. The van der Waals surface area contributed by atoms with Crippen molar-refractivity contribution >= 4 is 11.8 Å². The number of rotatable bonds is 0. The Bertz CT molecular complexity index is 445. The minimum absolute atomic E-state index is 0.0562. The van der Waals surface area contributed by atoms with Gasteiger partial charge in [-0.3, -0.25) is 9.59 Å². The molecule has 0 amide bonds. The standard InChI is InChI=1S/C15H22O4/c1-8-4-5-10-9(2)13(17)19-12(10)14(3)11(16)6-7-15(8,14)18/h8-10,12,18H,4-7H2,1-3H3/t8-,9-,10-,12-,14+,15-/m1/s1. The zero-order chi connectivity index (χ0) is 14.0. The Morgan fingerprint density at radius 2 is 1.95 bits per heavy atom. The van der Waals surface area contributed by atoms with E-state index in [1.54, 1.807) is 0 Å². The summed E-state index contributed by atoms with van der Waals surface area (Å²) < 4.78 is 5.54. The van der Waals surface area contributed by atoms with Crippen molar-refractivity contribution in [2.75, 3.05) is 0 Å². The Balaban J connectivity index is 2.11. The molecule has 1 N–H and O–H groups in total. The van der Waals surface area contributed by atoms with E-state index in [-0.39, 0.29) is 29.5 Å². The van der Waals surface area contributed by atoms with Crippen LogP contribution in [0.4, 0.5) is 0 Å². The zero-order valence-electron chi connectivity index (χ0n) is 11.8. The van der Waals surface area contributed by atoms with Crippen LogP contribution in [-0.2, 0) is 14.3 Å². The van der Waals surface area contributed by atoms with Crippen LogP contribution in [0.15, 0.2) is 0 Å². The van der Waals surface area contributed by atoms with E-state index >= 15 is 0 Å². The molecule has 4 heteroatoms. The molecule has 1 saturated heterocycles. The number of ketones is 1. The second kappa shape index (κ2) is 3.81. The molecule has 0 spiro atoms. The monoisotopic (exact) mass is 266 g/mol. The van der Waals surface area contributed by atoms with Crippen LogP contribution in [0.3, 0.4) is 0 Å². The predicted molar refractivity (Wildman–Crippen MR) is 68.2 cm³/mol. The summed E-state index contributed by atoms with van der Waals surface area (Å²) in [5.41, 5.74) is -1.94. The molecule has 106 valence electrons. The molecular weight excluding hydrogens is 244 g/mol. The Morgan fingerprint density at radius 1 is 1.26 bits per heavy atom. The number of aliphatic hydroxyl groups is 1. The Hall–Kier alpha value is -0.900. The van der Waals surface area contributed by atoms with Crippen molar-refractivity contribution in [3.8, 4) is 0 Å². The number of carbonyl (C=O) groups excluding carboxylic acids is 2. The van der Waals surface area contributed by atoms with E-state index in [2.05, 4.69) is 0 Å². The highest BCUT2D eigenvalue weighted by molar-refractivity contribution is 5.90. The fourth-order valence-electron chi connectivity index (χ4n) is 4.61. The van der Waals surface area contributed by atoms with Crippen LogP contribution < -0.4 is 0 Å². The van der Waals surface area contributed by atoms with Crippen LogP contribution in [-0.4, -0.2) is 28.6 Å². The summed E-state index contributed by atoms with van der Waals surface area (Å²) >= 11 is 0. The molecule has 3 aliphatic rings. The molecule has 0 aromatic rings. The topological polar surface area (TPSA) is 63.6 Å². The number of esters is 1. The molecule has 0 unspecified atom stereocenters. The minimum atomic E-state index is -1.02. The summed E-state index contributed by atoms with van der Waals surface area (Å²) in [6.45, 7) is 5.71. The van der Waals surface area contributed by atoms with Gasteiger partial charge in [-0.2, -0.15) is 0 Å². The molecule has 0 aromatic heterocycles. The number of fused-ring (bicyclic) bond motifs is 3. The fourth-order valence-corrected chi connectivity index (χ4v) is 4.61. The minimum Gasteiger partial charge on any atom is -0.461 e. The summed E-state index contributed by atoms with van der Waals surface area (Å²) in [5.74, 6) is -0.185. The highest BCUT2D eigenvalue weighted by atomic mass is 16.6. The lowest BCUT2D eigenvalue weighted by molar-refractivity contribution is -0.171. The van der Waals surface area contributed by atoms with Crippen molar-refractivity contribution in [3.63, 3.8) is 0 Å². The van der Waals surface area contributed by atoms with E-state index in [0.717, 1.165) is 12.8 Å². The second-order valence-electron chi connectivity index (χ2n) is 6.84.